The number of aliphatic carboxylic acids is 1. The maximum Gasteiger partial charge on any atom is 0.326 e. The van der Waals surface area contributed by atoms with Gasteiger partial charge in [-0.15, -0.1) is 0 Å². The van der Waals surface area contributed by atoms with E-state index >= 15 is 0 Å². The molecule has 0 bridgehead atoms. The van der Waals surface area contributed by atoms with Gasteiger partial charge in [0.2, 0.25) is 11.8 Å². The highest BCUT2D eigenvalue weighted by atomic mass is 32.2. The normalized spacial score (nSPS) is 21.0. The Morgan fingerprint density at radius 3 is 2.72 bits per heavy atom. The molecule has 2 atom stereocenters. The highest BCUT2D eigenvalue weighted by molar-refractivity contribution is 7.99. The quantitative estimate of drug-likeness (QED) is 0.469. The third-order valence-corrected chi connectivity index (χ3v) is 3.60. The summed E-state index contributed by atoms with van der Waals surface area (Å²) in [5.41, 5.74) is 4.92. The van der Waals surface area contributed by atoms with E-state index in [1.54, 1.807) is 11.8 Å². The smallest absolute Gasteiger partial charge is 0.326 e. The minimum absolute atomic E-state index is 0.0479. The van der Waals surface area contributed by atoms with Crippen molar-refractivity contribution in [2.75, 3.05) is 18.1 Å². The zero-order valence-corrected chi connectivity index (χ0v) is 10.7. The monoisotopic (exact) mass is 275 g/mol. The van der Waals surface area contributed by atoms with Gasteiger partial charge in [-0.25, -0.2) is 4.79 Å². The fourth-order valence-electron chi connectivity index (χ4n) is 1.63. The summed E-state index contributed by atoms with van der Waals surface area (Å²) < 4.78 is 0. The topological polar surface area (TPSA) is 122 Å². The van der Waals surface area contributed by atoms with Gasteiger partial charge in [-0.2, -0.15) is 11.8 Å². The lowest BCUT2D eigenvalue weighted by molar-refractivity contribution is -0.143. The summed E-state index contributed by atoms with van der Waals surface area (Å²) in [5, 5.41) is 14.3. The first-order valence-corrected chi connectivity index (χ1v) is 6.76. The van der Waals surface area contributed by atoms with Crippen LogP contribution in [0.25, 0.3) is 0 Å². The zero-order chi connectivity index (χ0) is 13.5. The number of hydrogen-bond donors (Lipinski definition) is 4. The third kappa shape index (κ3) is 5.37. The van der Waals surface area contributed by atoms with Gasteiger partial charge in [0.05, 0.1) is 6.42 Å². The predicted octanol–water partition coefficient (Wildman–Crippen LogP) is -1.47. The average Bonchev–Trinajstić information content (AvgIpc) is 2.28. The molecular formula is C10H17N3O4S. The Bertz CT molecular complexity index is 331. The van der Waals surface area contributed by atoms with Crippen molar-refractivity contribution < 1.29 is 19.5 Å². The molecule has 1 fully saturated rings. The largest absolute Gasteiger partial charge is 0.480 e. The molecule has 1 aliphatic heterocycles. The third-order valence-electron chi connectivity index (χ3n) is 2.47. The molecular weight excluding hydrogens is 258 g/mol. The molecule has 1 aliphatic rings. The van der Waals surface area contributed by atoms with Crippen molar-refractivity contribution in [3.63, 3.8) is 0 Å². The molecule has 5 N–H and O–H groups in total. The summed E-state index contributed by atoms with van der Waals surface area (Å²) in [6.45, 7) is 0.840. The van der Waals surface area contributed by atoms with Crippen LogP contribution >= 0.6 is 11.8 Å². The van der Waals surface area contributed by atoms with Gasteiger partial charge in [0, 0.05) is 30.5 Å². The fraction of sp³-hybridized carbons (Fsp3) is 0.700. The molecule has 1 rings (SSSR count). The average molecular weight is 275 g/mol. The van der Waals surface area contributed by atoms with Gasteiger partial charge in [0.15, 0.2) is 0 Å². The zero-order valence-electron chi connectivity index (χ0n) is 9.85. The van der Waals surface area contributed by atoms with Crippen molar-refractivity contribution in [1.82, 2.24) is 10.6 Å². The van der Waals surface area contributed by atoms with Crippen molar-refractivity contribution in [3.8, 4) is 0 Å². The molecule has 8 heteroatoms. The molecule has 102 valence electrons. The van der Waals surface area contributed by atoms with Crippen molar-refractivity contribution >= 4 is 29.5 Å². The molecule has 1 saturated heterocycles. The molecule has 2 amide bonds. The molecule has 0 aromatic heterocycles. The number of primary amides is 1. The predicted molar refractivity (Wildman–Crippen MR) is 67.1 cm³/mol. The van der Waals surface area contributed by atoms with Gasteiger partial charge in [-0.3, -0.25) is 9.59 Å². The summed E-state index contributed by atoms with van der Waals surface area (Å²) in [4.78, 5) is 33.1. The van der Waals surface area contributed by atoms with E-state index in [2.05, 4.69) is 10.6 Å². The van der Waals surface area contributed by atoms with E-state index in [4.69, 9.17) is 10.8 Å². The molecule has 7 nitrogen and oxygen atoms in total. The van der Waals surface area contributed by atoms with Crippen LogP contribution in [0.2, 0.25) is 0 Å². The van der Waals surface area contributed by atoms with Crippen LogP contribution < -0.4 is 16.4 Å². The van der Waals surface area contributed by atoms with E-state index in [1.807, 2.05) is 0 Å². The van der Waals surface area contributed by atoms with Crippen molar-refractivity contribution in [1.29, 1.82) is 0 Å². The maximum atomic E-state index is 11.6. The van der Waals surface area contributed by atoms with E-state index in [1.165, 1.54) is 0 Å². The maximum absolute atomic E-state index is 11.6. The number of hydrogen-bond acceptors (Lipinski definition) is 5. The van der Waals surface area contributed by atoms with Crippen LogP contribution in [0, 0.1) is 0 Å². The van der Waals surface area contributed by atoms with Gasteiger partial charge in [-0.1, -0.05) is 0 Å². The number of nitrogens with two attached hydrogens (primary N) is 1. The van der Waals surface area contributed by atoms with Crippen LogP contribution in [-0.2, 0) is 14.4 Å². The molecule has 0 aromatic carbocycles. The summed E-state index contributed by atoms with van der Waals surface area (Å²) in [7, 11) is 0. The number of rotatable bonds is 6. The van der Waals surface area contributed by atoms with Gasteiger partial charge in [0.1, 0.15) is 6.04 Å². The molecule has 1 heterocycles. The molecule has 1 unspecified atom stereocenters. The van der Waals surface area contributed by atoms with E-state index in [0.29, 0.717) is 0 Å². The molecule has 0 saturated carbocycles. The van der Waals surface area contributed by atoms with Gasteiger partial charge >= 0.3 is 5.97 Å². The van der Waals surface area contributed by atoms with E-state index in [-0.39, 0.29) is 18.4 Å². The number of thioether (sulfide) groups is 1. The van der Waals surface area contributed by atoms with Crippen LogP contribution in [0.4, 0.5) is 0 Å². The highest BCUT2D eigenvalue weighted by Crippen LogP contribution is 2.10. The number of carbonyl (C=O) groups is 3. The van der Waals surface area contributed by atoms with Crippen molar-refractivity contribution in [3.05, 3.63) is 0 Å². The molecule has 0 spiro atoms. The number of amides is 2. The Balaban J connectivity index is 2.40. The standard InChI is InChI=1S/C10H17N3O4S/c11-8(14)4-7(10(16)17)13-9(15)3-6-5-18-2-1-12-6/h6-7,12H,1-5H2,(H2,11,14)(H,13,15)(H,16,17)/t6?,7-/m0/s1. The van der Waals surface area contributed by atoms with Gasteiger partial charge < -0.3 is 21.5 Å². The second kappa shape index (κ2) is 7.22. The summed E-state index contributed by atoms with van der Waals surface area (Å²) >= 11 is 1.75. The summed E-state index contributed by atoms with van der Waals surface area (Å²) in [6.07, 6.45) is -0.191. The Morgan fingerprint density at radius 2 is 2.22 bits per heavy atom. The minimum Gasteiger partial charge on any atom is -0.480 e. The first kappa shape index (κ1) is 14.8. The van der Waals surface area contributed by atoms with Crippen LogP contribution in [-0.4, -0.2) is 53.0 Å². The van der Waals surface area contributed by atoms with Crippen molar-refractivity contribution in [2.24, 2.45) is 5.73 Å². The first-order chi connectivity index (χ1) is 8.49. The number of carboxylic acid groups (broad SMARTS) is 1. The fourth-order valence-corrected chi connectivity index (χ4v) is 2.58. The second-order valence-electron chi connectivity index (χ2n) is 4.06. The van der Waals surface area contributed by atoms with Crippen molar-refractivity contribution in [2.45, 2.75) is 24.9 Å². The molecule has 0 radical (unpaired) electrons. The van der Waals surface area contributed by atoms with Gasteiger partial charge in [0.25, 0.3) is 0 Å². The van der Waals surface area contributed by atoms with Gasteiger partial charge in [-0.05, 0) is 0 Å². The van der Waals surface area contributed by atoms with E-state index in [0.717, 1.165) is 18.1 Å². The first-order valence-electron chi connectivity index (χ1n) is 5.60. The Hall–Kier alpha value is -1.28. The molecule has 18 heavy (non-hydrogen) atoms. The molecule has 0 aliphatic carbocycles. The van der Waals surface area contributed by atoms with E-state index in [9.17, 15) is 14.4 Å². The van der Waals surface area contributed by atoms with E-state index < -0.39 is 24.3 Å². The lowest BCUT2D eigenvalue weighted by Gasteiger charge is -2.23. The lowest BCUT2D eigenvalue weighted by atomic mass is 10.1. The summed E-state index contributed by atoms with van der Waals surface area (Å²) in [6, 6.07) is -1.20. The number of nitrogens with one attached hydrogen (secondary N) is 2. The Kier molecular flexibility index (Phi) is 5.93. The number of carbonyl (C=O) groups excluding carboxylic acids is 2. The Labute approximate surface area is 109 Å². The van der Waals surface area contributed by atoms with Crippen LogP contribution in [0.1, 0.15) is 12.8 Å². The number of carboxylic acids is 1. The van der Waals surface area contributed by atoms with Crippen LogP contribution in [0.15, 0.2) is 0 Å². The second-order valence-corrected chi connectivity index (χ2v) is 5.21. The highest BCUT2D eigenvalue weighted by Gasteiger charge is 2.24. The lowest BCUT2D eigenvalue weighted by Crippen LogP contribution is -2.47. The Morgan fingerprint density at radius 1 is 1.50 bits per heavy atom. The summed E-state index contributed by atoms with van der Waals surface area (Å²) in [5.74, 6) is -0.566. The SMILES string of the molecule is NC(=O)C[C@H](NC(=O)CC1CSCCN1)C(=O)O. The minimum atomic E-state index is -1.26. The van der Waals surface area contributed by atoms with Crippen LogP contribution in [0.5, 0.6) is 0 Å². The molecule has 0 aromatic rings. The van der Waals surface area contributed by atoms with Crippen LogP contribution in [0.3, 0.4) is 0 Å².